The van der Waals surface area contributed by atoms with Gasteiger partial charge in [-0.05, 0) is 86.0 Å². The topological polar surface area (TPSA) is 247 Å². The molecule has 0 unspecified atom stereocenters. The van der Waals surface area contributed by atoms with Gasteiger partial charge < -0.3 is 36.9 Å². The first-order valence-electron chi connectivity index (χ1n) is 22.8. The number of carbonyl (C=O) groups excluding carboxylic acids is 5. The Kier molecular flexibility index (Phi) is 20.6. The van der Waals surface area contributed by atoms with Crippen LogP contribution in [0.15, 0.2) is 66.9 Å². The number of nitriles is 1. The Balaban J connectivity index is 0.00000980. The number of hydrogen-bond acceptors (Lipinski definition) is 13. The van der Waals surface area contributed by atoms with E-state index in [1.165, 1.54) is 23.7 Å². The highest BCUT2D eigenvalue weighted by Crippen LogP contribution is 2.41. The van der Waals surface area contributed by atoms with E-state index in [0.29, 0.717) is 51.2 Å². The number of ether oxygens (including phenoxy) is 2. The first-order valence-corrected chi connectivity index (χ1v) is 22.8. The molecule has 4 bridgehead atoms. The normalized spacial score (nSPS) is 16.4. The van der Waals surface area contributed by atoms with Crippen molar-refractivity contribution in [1.29, 1.82) is 5.26 Å². The summed E-state index contributed by atoms with van der Waals surface area (Å²) in [4.78, 5) is 81.3. The van der Waals surface area contributed by atoms with Crippen molar-refractivity contribution < 1.29 is 33.4 Å². The minimum absolute atomic E-state index is 0. The molecule has 67 heavy (non-hydrogen) atoms. The van der Waals surface area contributed by atoms with E-state index in [0.717, 1.165) is 18.4 Å². The second kappa shape index (κ2) is 25.8. The summed E-state index contributed by atoms with van der Waals surface area (Å²) < 4.78 is 12.3. The number of likely N-dealkylation sites (N-methyl/N-ethyl adjacent to an activating group) is 1. The molecule has 0 spiro atoms. The molecule has 4 aromatic rings. The maximum atomic E-state index is 14.7. The zero-order valence-electron chi connectivity index (χ0n) is 39.3. The molecule has 1 aliphatic heterocycles. The number of rotatable bonds is 20. The summed E-state index contributed by atoms with van der Waals surface area (Å²) in [5.41, 5.74) is 22.7. The van der Waals surface area contributed by atoms with E-state index in [9.17, 15) is 29.2 Å². The van der Waals surface area contributed by atoms with Gasteiger partial charge in [-0.3, -0.25) is 24.0 Å². The molecule has 4 atom stereocenters. The lowest BCUT2D eigenvalue weighted by Gasteiger charge is -2.32. The van der Waals surface area contributed by atoms with Crippen LogP contribution in [0.4, 0.5) is 0 Å². The number of nitrogens with zero attached hydrogens (tertiary/aromatic N) is 4. The zero-order valence-corrected chi connectivity index (χ0v) is 40.3. The lowest BCUT2D eigenvalue weighted by molar-refractivity contribution is -0.142. The van der Waals surface area contributed by atoms with Crippen LogP contribution in [0.3, 0.4) is 0 Å². The largest absolute Gasteiger partial charge is 0.492 e. The quantitative estimate of drug-likeness (QED) is 0.0773. The highest BCUT2D eigenvalue weighted by Gasteiger charge is 2.36. The number of aryl methyl sites for hydroxylation is 2. The van der Waals surface area contributed by atoms with Gasteiger partial charge in [0.2, 0.25) is 11.8 Å². The van der Waals surface area contributed by atoms with Gasteiger partial charge in [0.05, 0.1) is 23.4 Å². The Morgan fingerprint density at radius 2 is 1.57 bits per heavy atom. The predicted octanol–water partition coefficient (Wildman–Crippen LogP) is 5.74. The number of benzene rings is 3. The monoisotopic (exact) mass is 934 g/mol. The van der Waals surface area contributed by atoms with Crippen molar-refractivity contribution in [1.82, 2.24) is 20.2 Å². The maximum absolute atomic E-state index is 14.7. The lowest BCUT2D eigenvalue weighted by atomic mass is 9.88. The van der Waals surface area contributed by atoms with Crippen molar-refractivity contribution in [3.8, 4) is 40.1 Å². The molecule has 7 N–H and O–H groups in total. The predicted molar refractivity (Wildman–Crippen MR) is 263 cm³/mol. The Hall–Kier alpha value is -5.99. The number of ketones is 3. The standard InChI is InChI=1S/C51H64N8O7.H2S/c1-31(2)8-9-34-10-13-36(14-11-34)49-56-30-41(33(4)57-49)44(61)29-38(18-20-53)51(64)59(5)48-37-15-17-47(66-24-22-55)40(28-37)39-26-35(12-16-46(39)65-23-21-54)27-42(43(60)7-6-19-52)58-50(63)32(3)25-45(48)62;/h10-17,26,28,30-32,38,42,48H,6-9,18,20-25,27,29,53-55H2,1-5H3,(H,58,63);1H2/t32-,38-,42+,48+;/m1./s1. The molecule has 2 heterocycles. The van der Waals surface area contributed by atoms with Crippen LogP contribution in [0.25, 0.3) is 22.5 Å². The van der Waals surface area contributed by atoms with Gasteiger partial charge in [0.1, 0.15) is 30.8 Å². The average molecular weight is 935 g/mol. The molecular formula is C51H66N8O7S. The maximum Gasteiger partial charge on any atom is 0.226 e. The van der Waals surface area contributed by atoms with Crippen molar-refractivity contribution >= 4 is 42.7 Å². The van der Waals surface area contributed by atoms with Crippen LogP contribution in [0.2, 0.25) is 0 Å². The van der Waals surface area contributed by atoms with Gasteiger partial charge in [-0.1, -0.05) is 57.2 Å². The number of aromatic nitrogens is 2. The van der Waals surface area contributed by atoms with E-state index in [2.05, 4.69) is 41.3 Å². The van der Waals surface area contributed by atoms with E-state index in [1.807, 2.05) is 24.3 Å². The number of Topliss-reactive ketones (excluding diaryl/α,β-unsaturated/α-hetero) is 3. The molecule has 16 heteroatoms. The van der Waals surface area contributed by atoms with Crippen molar-refractivity contribution in [3.63, 3.8) is 0 Å². The van der Waals surface area contributed by atoms with Crippen LogP contribution >= 0.6 is 13.5 Å². The lowest BCUT2D eigenvalue weighted by Crippen LogP contribution is -2.46. The molecule has 0 aliphatic carbocycles. The molecule has 358 valence electrons. The third-order valence-corrected chi connectivity index (χ3v) is 11.8. The average Bonchev–Trinajstić information content (AvgIpc) is 3.30. The Labute approximate surface area is 401 Å². The van der Waals surface area contributed by atoms with Gasteiger partial charge in [0.15, 0.2) is 23.2 Å². The molecule has 0 saturated carbocycles. The molecule has 3 aromatic carbocycles. The molecule has 1 aliphatic rings. The van der Waals surface area contributed by atoms with Gasteiger partial charge in [0.25, 0.3) is 0 Å². The molecule has 2 amide bonds. The van der Waals surface area contributed by atoms with Crippen LogP contribution < -0.4 is 32.0 Å². The summed E-state index contributed by atoms with van der Waals surface area (Å²) in [6.07, 6.45) is 3.16. The summed E-state index contributed by atoms with van der Waals surface area (Å²) in [6, 6.07) is 18.3. The van der Waals surface area contributed by atoms with Gasteiger partial charge in [-0.25, -0.2) is 9.97 Å². The molecule has 0 saturated heterocycles. The minimum atomic E-state index is -1.24. The first kappa shape index (κ1) is 53.6. The van der Waals surface area contributed by atoms with Crippen molar-refractivity contribution in [3.05, 3.63) is 94.8 Å². The summed E-state index contributed by atoms with van der Waals surface area (Å²) in [7, 11) is 1.50. The molecule has 1 aromatic heterocycles. The number of fused-ring (bicyclic) bond motifs is 5. The fourth-order valence-electron chi connectivity index (χ4n) is 8.13. The van der Waals surface area contributed by atoms with E-state index in [1.54, 1.807) is 44.2 Å². The number of carbonyl (C=O) groups is 5. The first-order chi connectivity index (χ1) is 31.7. The van der Waals surface area contributed by atoms with Gasteiger partial charge in [-0.2, -0.15) is 18.8 Å². The number of amides is 2. The minimum Gasteiger partial charge on any atom is -0.492 e. The summed E-state index contributed by atoms with van der Waals surface area (Å²) >= 11 is 0. The Morgan fingerprint density at radius 3 is 2.18 bits per heavy atom. The zero-order chi connectivity index (χ0) is 47.9. The fraction of sp³-hybridized carbons (Fsp3) is 0.451. The number of nitrogens with two attached hydrogens (primary N) is 3. The van der Waals surface area contributed by atoms with Crippen molar-refractivity contribution in [2.75, 3.05) is 39.9 Å². The van der Waals surface area contributed by atoms with Crippen molar-refractivity contribution in [2.24, 2.45) is 35.0 Å². The summed E-state index contributed by atoms with van der Waals surface area (Å²) in [5, 5.41) is 12.1. The number of hydrogen-bond donors (Lipinski definition) is 4. The molecular weight excluding hydrogens is 869 g/mol. The molecule has 0 fully saturated rings. The van der Waals surface area contributed by atoms with Gasteiger partial charge in [0, 0.05) is 80.5 Å². The third kappa shape index (κ3) is 14.3. The van der Waals surface area contributed by atoms with E-state index < -0.39 is 41.5 Å². The van der Waals surface area contributed by atoms with Crippen LogP contribution in [-0.4, -0.2) is 90.0 Å². The second-order valence-corrected chi connectivity index (χ2v) is 17.4. The van der Waals surface area contributed by atoms with Gasteiger partial charge >= 0.3 is 0 Å². The molecule has 5 rings (SSSR count). The van der Waals surface area contributed by atoms with Crippen LogP contribution in [0.1, 0.15) is 98.1 Å². The highest BCUT2D eigenvalue weighted by molar-refractivity contribution is 7.59. The molecule has 0 radical (unpaired) electrons. The van der Waals surface area contributed by atoms with Crippen LogP contribution in [-0.2, 0) is 32.0 Å². The number of nitrogens with one attached hydrogen (secondary N) is 1. The summed E-state index contributed by atoms with van der Waals surface area (Å²) in [5.74, 6) is -2.08. The Bertz CT molecular complexity index is 2400. The van der Waals surface area contributed by atoms with E-state index in [-0.39, 0.29) is 102 Å². The third-order valence-electron chi connectivity index (χ3n) is 11.8. The van der Waals surface area contributed by atoms with Crippen LogP contribution in [0, 0.1) is 36.0 Å². The Morgan fingerprint density at radius 1 is 0.910 bits per heavy atom. The fourth-order valence-corrected chi connectivity index (χ4v) is 8.13. The van der Waals surface area contributed by atoms with Crippen molar-refractivity contribution in [2.45, 2.75) is 91.1 Å². The SMILES string of the molecule is Cc1nc(-c2ccc(CCC(C)C)cc2)ncc1C(=O)C[C@@H](CCN)C(=O)N(C)[C@@H]1C(=O)C[C@@H](C)C(=O)N[C@H](C(=O)CCC#N)Cc2ccc(OCCN)c(c2)-c2cc1ccc2OCCN.S. The smallest absolute Gasteiger partial charge is 0.226 e. The van der Waals surface area contributed by atoms with E-state index in [4.69, 9.17) is 26.7 Å². The van der Waals surface area contributed by atoms with Crippen LogP contribution in [0.5, 0.6) is 11.5 Å². The summed E-state index contributed by atoms with van der Waals surface area (Å²) in [6.45, 7) is 8.57. The highest BCUT2D eigenvalue weighted by atomic mass is 32.1. The van der Waals surface area contributed by atoms with Gasteiger partial charge in [-0.15, -0.1) is 0 Å². The second-order valence-electron chi connectivity index (χ2n) is 17.4. The molecule has 15 nitrogen and oxygen atoms in total. The van der Waals surface area contributed by atoms with E-state index >= 15 is 0 Å².